The van der Waals surface area contributed by atoms with Crippen molar-refractivity contribution in [3.63, 3.8) is 0 Å². The van der Waals surface area contributed by atoms with Crippen LogP contribution in [0.15, 0.2) is 46.7 Å². The summed E-state index contributed by atoms with van der Waals surface area (Å²) < 4.78 is 27.4. The molecule has 0 saturated carbocycles. The van der Waals surface area contributed by atoms with Crippen molar-refractivity contribution in [1.29, 1.82) is 0 Å². The minimum Gasteiger partial charge on any atom is -0.312 e. The fraction of sp³-hybridized carbons (Fsp3) is 0.333. The number of hydrogen-bond acceptors (Lipinski definition) is 4. The van der Waals surface area contributed by atoms with Crippen molar-refractivity contribution in [3.05, 3.63) is 52.2 Å². The summed E-state index contributed by atoms with van der Waals surface area (Å²) in [6.45, 7) is 3.86. The van der Waals surface area contributed by atoms with Crippen molar-refractivity contribution in [2.24, 2.45) is 0 Å². The Labute approximate surface area is 130 Å². The second-order valence-electron chi connectivity index (χ2n) is 4.69. The second-order valence-corrected chi connectivity index (χ2v) is 7.43. The average Bonchev–Trinajstić information content (AvgIpc) is 2.96. The molecule has 1 aromatic heterocycles. The summed E-state index contributed by atoms with van der Waals surface area (Å²) >= 11 is 1.47. The monoisotopic (exact) mass is 324 g/mol. The summed E-state index contributed by atoms with van der Waals surface area (Å²) in [4.78, 5) is 1.23. The lowest BCUT2D eigenvalue weighted by Crippen LogP contribution is -2.24. The van der Waals surface area contributed by atoms with Gasteiger partial charge >= 0.3 is 0 Å². The Kier molecular flexibility index (Phi) is 5.93. The molecule has 0 amide bonds. The van der Waals surface area contributed by atoms with Crippen LogP contribution >= 0.6 is 11.3 Å². The van der Waals surface area contributed by atoms with E-state index < -0.39 is 10.0 Å². The third-order valence-corrected chi connectivity index (χ3v) is 5.55. The standard InChI is InChI=1S/C15H20N2O2S2/c1-2-9-16-12-14-15(8-10-20-14)21(18,19)17-11-13-6-4-3-5-7-13/h3-8,10,16-17H,2,9,11-12H2,1H3. The summed E-state index contributed by atoms with van der Waals surface area (Å²) in [5, 5.41) is 5.06. The Bertz CT molecular complexity index is 651. The van der Waals surface area contributed by atoms with E-state index in [1.807, 2.05) is 35.7 Å². The first-order valence-corrected chi connectivity index (χ1v) is 9.30. The Morgan fingerprint density at radius 2 is 1.86 bits per heavy atom. The van der Waals surface area contributed by atoms with E-state index in [1.165, 1.54) is 11.3 Å². The first kappa shape index (κ1) is 16.2. The molecule has 0 fully saturated rings. The van der Waals surface area contributed by atoms with Crippen LogP contribution < -0.4 is 10.0 Å². The highest BCUT2D eigenvalue weighted by Crippen LogP contribution is 2.22. The van der Waals surface area contributed by atoms with Gasteiger partial charge in [-0.15, -0.1) is 11.3 Å². The number of benzene rings is 1. The average molecular weight is 324 g/mol. The van der Waals surface area contributed by atoms with Crippen LogP contribution in [-0.2, 0) is 23.1 Å². The molecule has 0 aliphatic rings. The smallest absolute Gasteiger partial charge is 0.242 e. The molecule has 0 aliphatic carbocycles. The van der Waals surface area contributed by atoms with Crippen molar-refractivity contribution >= 4 is 21.4 Å². The van der Waals surface area contributed by atoms with Gasteiger partial charge in [0.1, 0.15) is 0 Å². The highest BCUT2D eigenvalue weighted by molar-refractivity contribution is 7.89. The fourth-order valence-corrected chi connectivity index (χ4v) is 4.36. The lowest BCUT2D eigenvalue weighted by molar-refractivity contribution is 0.579. The largest absolute Gasteiger partial charge is 0.312 e. The van der Waals surface area contributed by atoms with Gasteiger partial charge in [-0.3, -0.25) is 0 Å². The van der Waals surface area contributed by atoms with Crippen LogP contribution in [-0.4, -0.2) is 15.0 Å². The van der Waals surface area contributed by atoms with E-state index in [-0.39, 0.29) is 0 Å². The van der Waals surface area contributed by atoms with Gasteiger partial charge in [-0.1, -0.05) is 37.3 Å². The Morgan fingerprint density at radius 1 is 1.10 bits per heavy atom. The van der Waals surface area contributed by atoms with Gasteiger partial charge in [0, 0.05) is 18.0 Å². The second kappa shape index (κ2) is 7.70. The minimum atomic E-state index is -3.46. The lowest BCUT2D eigenvalue weighted by Gasteiger charge is -2.08. The summed E-state index contributed by atoms with van der Waals surface area (Å²) in [6.07, 6.45) is 1.03. The van der Waals surface area contributed by atoms with Gasteiger partial charge in [0.25, 0.3) is 0 Å². The molecule has 0 unspecified atom stereocenters. The molecule has 1 heterocycles. The molecule has 0 atom stereocenters. The van der Waals surface area contributed by atoms with E-state index in [0.29, 0.717) is 18.0 Å². The van der Waals surface area contributed by atoms with Crippen molar-refractivity contribution in [2.45, 2.75) is 31.3 Å². The number of hydrogen-bond donors (Lipinski definition) is 2. The van der Waals surface area contributed by atoms with Crippen LogP contribution in [0.3, 0.4) is 0 Å². The van der Waals surface area contributed by atoms with Crippen LogP contribution in [0, 0.1) is 0 Å². The van der Waals surface area contributed by atoms with E-state index >= 15 is 0 Å². The first-order chi connectivity index (χ1) is 10.1. The Hall–Kier alpha value is -1.21. The molecule has 6 heteroatoms. The van der Waals surface area contributed by atoms with Crippen molar-refractivity contribution in [2.75, 3.05) is 6.54 Å². The highest BCUT2D eigenvalue weighted by atomic mass is 32.2. The number of rotatable bonds is 8. The van der Waals surface area contributed by atoms with Gasteiger partial charge in [0.15, 0.2) is 0 Å². The molecule has 114 valence electrons. The predicted octanol–water partition coefficient (Wildman–Crippen LogP) is 2.73. The van der Waals surface area contributed by atoms with Gasteiger partial charge in [-0.05, 0) is 30.0 Å². The van der Waals surface area contributed by atoms with Crippen LogP contribution in [0.2, 0.25) is 0 Å². The summed E-state index contributed by atoms with van der Waals surface area (Å²) in [5.41, 5.74) is 0.946. The summed E-state index contributed by atoms with van der Waals surface area (Å²) in [5.74, 6) is 0. The molecule has 0 saturated heterocycles. The van der Waals surface area contributed by atoms with Gasteiger partial charge < -0.3 is 5.32 Å². The van der Waals surface area contributed by atoms with Crippen molar-refractivity contribution in [3.8, 4) is 0 Å². The lowest BCUT2D eigenvalue weighted by atomic mass is 10.2. The third-order valence-electron chi connectivity index (χ3n) is 3.02. The zero-order chi connectivity index (χ0) is 15.1. The molecule has 21 heavy (non-hydrogen) atoms. The van der Waals surface area contributed by atoms with E-state index in [4.69, 9.17) is 0 Å². The van der Waals surface area contributed by atoms with Crippen LogP contribution in [0.1, 0.15) is 23.8 Å². The maximum absolute atomic E-state index is 12.4. The third kappa shape index (κ3) is 4.64. The molecule has 0 spiro atoms. The highest BCUT2D eigenvalue weighted by Gasteiger charge is 2.19. The maximum atomic E-state index is 12.4. The minimum absolute atomic E-state index is 0.306. The zero-order valence-electron chi connectivity index (χ0n) is 12.0. The van der Waals surface area contributed by atoms with Crippen LogP contribution in [0.25, 0.3) is 0 Å². The van der Waals surface area contributed by atoms with Gasteiger partial charge in [-0.25, -0.2) is 13.1 Å². The molecule has 2 aromatic rings. The number of thiophene rings is 1. The Balaban J connectivity index is 2.04. The SMILES string of the molecule is CCCNCc1sccc1S(=O)(=O)NCc1ccccc1. The van der Waals surface area contributed by atoms with Gasteiger partial charge in [0.2, 0.25) is 10.0 Å². The first-order valence-electron chi connectivity index (χ1n) is 6.94. The molecular formula is C15H20N2O2S2. The summed E-state index contributed by atoms with van der Waals surface area (Å²) in [6, 6.07) is 11.2. The van der Waals surface area contributed by atoms with E-state index in [9.17, 15) is 8.42 Å². The van der Waals surface area contributed by atoms with E-state index in [1.54, 1.807) is 6.07 Å². The molecule has 2 N–H and O–H groups in total. The molecule has 1 aromatic carbocycles. The molecule has 0 bridgehead atoms. The van der Waals surface area contributed by atoms with Crippen LogP contribution in [0.4, 0.5) is 0 Å². The molecule has 4 nitrogen and oxygen atoms in total. The topological polar surface area (TPSA) is 58.2 Å². The van der Waals surface area contributed by atoms with E-state index in [2.05, 4.69) is 17.0 Å². The zero-order valence-corrected chi connectivity index (χ0v) is 13.6. The fourth-order valence-electron chi connectivity index (χ4n) is 1.93. The van der Waals surface area contributed by atoms with Gasteiger partial charge in [0.05, 0.1) is 4.90 Å². The van der Waals surface area contributed by atoms with Crippen LogP contribution in [0.5, 0.6) is 0 Å². The molecule has 0 aliphatic heterocycles. The molecule has 0 radical (unpaired) electrons. The maximum Gasteiger partial charge on any atom is 0.242 e. The predicted molar refractivity (Wildman–Crippen MR) is 86.8 cm³/mol. The molecular weight excluding hydrogens is 304 g/mol. The quantitative estimate of drug-likeness (QED) is 0.734. The summed E-state index contributed by atoms with van der Waals surface area (Å²) in [7, 11) is -3.46. The Morgan fingerprint density at radius 3 is 2.57 bits per heavy atom. The van der Waals surface area contributed by atoms with E-state index in [0.717, 1.165) is 23.4 Å². The normalized spacial score (nSPS) is 11.7. The van der Waals surface area contributed by atoms with Gasteiger partial charge in [-0.2, -0.15) is 0 Å². The number of nitrogens with one attached hydrogen (secondary N) is 2. The molecule has 2 rings (SSSR count). The van der Waals surface area contributed by atoms with Crippen molar-refractivity contribution in [1.82, 2.24) is 10.0 Å². The number of sulfonamides is 1. The van der Waals surface area contributed by atoms with Crippen molar-refractivity contribution < 1.29 is 8.42 Å².